The van der Waals surface area contributed by atoms with Crippen LogP contribution in [0.15, 0.2) is 23.0 Å². The van der Waals surface area contributed by atoms with Gasteiger partial charge in [0.1, 0.15) is 11.6 Å². The molecule has 27 heavy (non-hydrogen) atoms. The Bertz CT molecular complexity index is 961. The first-order chi connectivity index (χ1) is 12.9. The number of methoxy groups -OCH3 is 1. The van der Waals surface area contributed by atoms with Gasteiger partial charge in [0.15, 0.2) is 0 Å². The molecule has 1 aromatic carbocycles. The van der Waals surface area contributed by atoms with E-state index >= 15 is 0 Å². The summed E-state index contributed by atoms with van der Waals surface area (Å²) in [4.78, 5) is 34.5. The van der Waals surface area contributed by atoms with Crippen molar-refractivity contribution < 1.29 is 9.53 Å². The highest BCUT2D eigenvalue weighted by molar-refractivity contribution is 6.30. The van der Waals surface area contributed by atoms with Crippen LogP contribution in [0.1, 0.15) is 46.7 Å². The standard InChI is InChI=1S/C20H22ClN3O3/c1-12-22-17-15(18(25)23-12)5-6-20(17)7-9-24(10-8-20)19(26)14-4-3-13(21)11-16(14)27-2/h3-4,11H,5-10H2,1-2H3,(H,22,23,25). The van der Waals surface area contributed by atoms with E-state index in [1.807, 2.05) is 11.8 Å². The van der Waals surface area contributed by atoms with Crippen LogP contribution in [0.4, 0.5) is 0 Å². The van der Waals surface area contributed by atoms with Crippen LogP contribution in [0.3, 0.4) is 0 Å². The minimum absolute atomic E-state index is 0.0150. The number of carbonyl (C=O) groups excluding carboxylic acids is 1. The van der Waals surface area contributed by atoms with E-state index in [0.29, 0.717) is 35.2 Å². The van der Waals surface area contributed by atoms with Crippen LogP contribution in [0.2, 0.25) is 5.02 Å². The Morgan fingerprint density at radius 1 is 1.30 bits per heavy atom. The number of aryl methyl sites for hydroxylation is 1. The van der Waals surface area contributed by atoms with Crippen LogP contribution < -0.4 is 10.3 Å². The van der Waals surface area contributed by atoms with Crippen molar-refractivity contribution in [1.29, 1.82) is 0 Å². The zero-order valence-electron chi connectivity index (χ0n) is 15.5. The number of carbonyl (C=O) groups is 1. The van der Waals surface area contributed by atoms with Gasteiger partial charge in [-0.15, -0.1) is 0 Å². The Morgan fingerprint density at radius 2 is 2.04 bits per heavy atom. The monoisotopic (exact) mass is 387 g/mol. The quantitative estimate of drug-likeness (QED) is 0.859. The van der Waals surface area contributed by atoms with Crippen LogP contribution in [0.5, 0.6) is 5.75 Å². The van der Waals surface area contributed by atoms with Gasteiger partial charge in [-0.25, -0.2) is 4.98 Å². The molecule has 1 aliphatic carbocycles. The van der Waals surface area contributed by atoms with E-state index in [2.05, 4.69) is 9.97 Å². The lowest BCUT2D eigenvalue weighted by Crippen LogP contribution is -2.45. The second kappa shape index (κ2) is 6.68. The number of fused-ring (bicyclic) bond motifs is 2. The van der Waals surface area contributed by atoms with Crippen LogP contribution in [0, 0.1) is 6.92 Å². The summed E-state index contributed by atoms with van der Waals surface area (Å²) in [5.41, 5.74) is 2.18. The smallest absolute Gasteiger partial charge is 0.257 e. The molecule has 1 aromatic heterocycles. The Labute approximate surface area is 162 Å². The number of halogens is 1. The third-order valence-corrected chi connectivity index (χ3v) is 6.13. The van der Waals surface area contributed by atoms with E-state index < -0.39 is 0 Å². The minimum atomic E-state index is -0.0881. The maximum atomic E-state index is 13.0. The molecule has 1 fully saturated rings. The molecule has 142 valence electrons. The van der Waals surface area contributed by atoms with Gasteiger partial charge < -0.3 is 14.6 Å². The van der Waals surface area contributed by atoms with Gasteiger partial charge in [-0.2, -0.15) is 0 Å². The molecular weight excluding hydrogens is 366 g/mol. The van der Waals surface area contributed by atoms with Gasteiger partial charge in [0, 0.05) is 29.1 Å². The van der Waals surface area contributed by atoms with Crippen LogP contribution in [-0.4, -0.2) is 41.0 Å². The Kier molecular flexibility index (Phi) is 4.46. The maximum absolute atomic E-state index is 13.0. The maximum Gasteiger partial charge on any atom is 0.257 e. The van der Waals surface area contributed by atoms with E-state index in [1.165, 1.54) is 7.11 Å². The van der Waals surface area contributed by atoms with Crippen molar-refractivity contribution in [2.24, 2.45) is 0 Å². The molecule has 1 spiro atoms. The number of ether oxygens (including phenoxy) is 1. The van der Waals surface area contributed by atoms with Crippen molar-refractivity contribution in [3.05, 3.63) is 56.2 Å². The number of H-pyrrole nitrogens is 1. The number of likely N-dealkylation sites (tertiary alicyclic amines) is 1. The normalized spacial score (nSPS) is 17.8. The molecule has 1 N–H and O–H groups in total. The van der Waals surface area contributed by atoms with Crippen molar-refractivity contribution in [3.8, 4) is 5.75 Å². The summed E-state index contributed by atoms with van der Waals surface area (Å²) in [5, 5.41) is 0.537. The van der Waals surface area contributed by atoms with E-state index in [9.17, 15) is 9.59 Å². The zero-order valence-corrected chi connectivity index (χ0v) is 16.2. The predicted octanol–water partition coefficient (Wildman–Crippen LogP) is 2.86. The molecule has 0 saturated carbocycles. The topological polar surface area (TPSA) is 75.3 Å². The number of piperidine rings is 1. The zero-order chi connectivity index (χ0) is 19.2. The first-order valence-corrected chi connectivity index (χ1v) is 9.54. The number of rotatable bonds is 2. The van der Waals surface area contributed by atoms with Crippen LogP contribution >= 0.6 is 11.6 Å². The highest BCUT2D eigenvalue weighted by Gasteiger charge is 2.44. The molecule has 0 bridgehead atoms. The van der Waals surface area contributed by atoms with Gasteiger partial charge in [0.05, 0.1) is 18.4 Å². The largest absolute Gasteiger partial charge is 0.496 e. The molecule has 4 rings (SSSR count). The molecule has 0 radical (unpaired) electrons. The van der Waals surface area contributed by atoms with Gasteiger partial charge in [-0.3, -0.25) is 9.59 Å². The minimum Gasteiger partial charge on any atom is -0.496 e. The Balaban J connectivity index is 1.56. The molecule has 1 amide bonds. The fraction of sp³-hybridized carbons (Fsp3) is 0.450. The number of hydrogen-bond acceptors (Lipinski definition) is 4. The molecule has 7 heteroatoms. The first kappa shape index (κ1) is 18.0. The highest BCUT2D eigenvalue weighted by atomic mass is 35.5. The number of nitrogens with zero attached hydrogens (tertiary/aromatic N) is 2. The number of aromatic nitrogens is 2. The number of benzene rings is 1. The molecule has 2 heterocycles. The Hall–Kier alpha value is -2.34. The van der Waals surface area contributed by atoms with Crippen molar-refractivity contribution in [2.75, 3.05) is 20.2 Å². The summed E-state index contributed by atoms with van der Waals surface area (Å²) >= 11 is 6.00. The molecule has 0 unspecified atom stereocenters. The third kappa shape index (κ3) is 3.02. The van der Waals surface area contributed by atoms with Crippen molar-refractivity contribution in [3.63, 3.8) is 0 Å². The Morgan fingerprint density at radius 3 is 2.74 bits per heavy atom. The van der Waals surface area contributed by atoms with Crippen LogP contribution in [-0.2, 0) is 11.8 Å². The summed E-state index contributed by atoms with van der Waals surface area (Å²) in [5.74, 6) is 1.10. The fourth-order valence-corrected chi connectivity index (χ4v) is 4.56. The molecular formula is C20H22ClN3O3. The lowest BCUT2D eigenvalue weighted by atomic mass is 9.76. The van der Waals surface area contributed by atoms with Gasteiger partial charge >= 0.3 is 0 Å². The molecule has 2 aliphatic rings. The van der Waals surface area contributed by atoms with Gasteiger partial charge in [0.25, 0.3) is 11.5 Å². The number of amides is 1. The highest BCUT2D eigenvalue weighted by Crippen LogP contribution is 2.44. The number of nitrogens with one attached hydrogen (secondary N) is 1. The van der Waals surface area contributed by atoms with E-state index in [1.54, 1.807) is 18.2 Å². The lowest BCUT2D eigenvalue weighted by molar-refractivity contribution is 0.0660. The second-order valence-electron chi connectivity index (χ2n) is 7.40. The summed E-state index contributed by atoms with van der Waals surface area (Å²) in [7, 11) is 1.54. The molecule has 1 aliphatic heterocycles. The predicted molar refractivity (Wildman–Crippen MR) is 103 cm³/mol. The van der Waals surface area contributed by atoms with Crippen molar-refractivity contribution in [1.82, 2.24) is 14.9 Å². The number of hydrogen-bond donors (Lipinski definition) is 1. The third-order valence-electron chi connectivity index (χ3n) is 5.89. The summed E-state index contributed by atoms with van der Waals surface area (Å²) in [6, 6.07) is 5.07. The lowest BCUT2D eigenvalue weighted by Gasteiger charge is -2.39. The van der Waals surface area contributed by atoms with E-state index in [-0.39, 0.29) is 16.9 Å². The van der Waals surface area contributed by atoms with Crippen molar-refractivity contribution in [2.45, 2.75) is 38.0 Å². The fourth-order valence-electron chi connectivity index (χ4n) is 4.40. The van der Waals surface area contributed by atoms with Crippen LogP contribution in [0.25, 0.3) is 0 Å². The summed E-state index contributed by atoms with van der Waals surface area (Å²) in [6.07, 6.45) is 3.32. The van der Waals surface area contributed by atoms with E-state index in [4.69, 9.17) is 16.3 Å². The van der Waals surface area contributed by atoms with Gasteiger partial charge in [-0.05, 0) is 50.8 Å². The number of aromatic amines is 1. The second-order valence-corrected chi connectivity index (χ2v) is 7.83. The van der Waals surface area contributed by atoms with Crippen molar-refractivity contribution >= 4 is 17.5 Å². The van der Waals surface area contributed by atoms with Gasteiger partial charge in [0.2, 0.25) is 0 Å². The SMILES string of the molecule is COc1cc(Cl)ccc1C(=O)N1CCC2(CCc3c2nc(C)[nH]c3=O)CC1. The molecule has 1 saturated heterocycles. The average Bonchev–Trinajstić information content (AvgIpc) is 3.00. The molecule has 6 nitrogen and oxygen atoms in total. The van der Waals surface area contributed by atoms with E-state index in [0.717, 1.165) is 36.9 Å². The average molecular weight is 388 g/mol. The molecule has 0 atom stereocenters. The summed E-state index contributed by atoms with van der Waals surface area (Å²) < 4.78 is 5.32. The molecule has 2 aromatic rings. The van der Waals surface area contributed by atoms with Gasteiger partial charge in [-0.1, -0.05) is 11.6 Å². The summed E-state index contributed by atoms with van der Waals surface area (Å²) in [6.45, 7) is 3.09. The first-order valence-electron chi connectivity index (χ1n) is 9.17.